The van der Waals surface area contributed by atoms with Gasteiger partial charge in [0, 0.05) is 12.1 Å². The molecular formula is C11H18ClFN2O2S. The van der Waals surface area contributed by atoms with Crippen LogP contribution in [0.15, 0.2) is 23.1 Å². The molecule has 0 atom stereocenters. The van der Waals surface area contributed by atoms with E-state index in [0.717, 1.165) is 6.07 Å². The van der Waals surface area contributed by atoms with E-state index in [1.807, 2.05) is 0 Å². The summed E-state index contributed by atoms with van der Waals surface area (Å²) in [5.74, 6) is -0.542. The van der Waals surface area contributed by atoms with Gasteiger partial charge in [-0.05, 0) is 38.5 Å². The number of benzene rings is 1. The summed E-state index contributed by atoms with van der Waals surface area (Å²) in [5.41, 5.74) is 5.42. The lowest BCUT2D eigenvalue weighted by atomic mass is 10.1. The van der Waals surface area contributed by atoms with Gasteiger partial charge in [0.05, 0.1) is 4.90 Å². The Balaban J connectivity index is 0.00000289. The van der Waals surface area contributed by atoms with Crippen LogP contribution in [0, 0.1) is 12.7 Å². The van der Waals surface area contributed by atoms with Crippen molar-refractivity contribution in [3.05, 3.63) is 29.6 Å². The molecule has 104 valence electrons. The number of halogens is 2. The van der Waals surface area contributed by atoms with Gasteiger partial charge in [-0.1, -0.05) is 6.07 Å². The Morgan fingerprint density at radius 3 is 2.39 bits per heavy atom. The molecule has 0 saturated carbocycles. The number of nitrogens with one attached hydrogen (secondary N) is 1. The fourth-order valence-corrected chi connectivity index (χ4v) is 2.34. The highest BCUT2D eigenvalue weighted by molar-refractivity contribution is 7.89. The van der Waals surface area contributed by atoms with E-state index in [2.05, 4.69) is 4.72 Å². The molecule has 0 unspecified atom stereocenters. The lowest BCUT2D eigenvalue weighted by Crippen LogP contribution is -2.45. The Morgan fingerprint density at radius 2 is 1.94 bits per heavy atom. The minimum absolute atomic E-state index is 0. The smallest absolute Gasteiger partial charge is 0.240 e. The highest BCUT2D eigenvalue weighted by Gasteiger charge is 2.19. The molecule has 0 aliphatic carbocycles. The van der Waals surface area contributed by atoms with Crippen LogP contribution < -0.4 is 10.5 Å². The molecule has 0 amide bonds. The van der Waals surface area contributed by atoms with Crippen molar-refractivity contribution in [2.45, 2.75) is 31.2 Å². The van der Waals surface area contributed by atoms with Crippen molar-refractivity contribution in [3.63, 3.8) is 0 Å². The fraction of sp³-hybridized carbons (Fsp3) is 0.455. The maximum absolute atomic E-state index is 13.3. The summed E-state index contributed by atoms with van der Waals surface area (Å²) in [4.78, 5) is -0.0927. The van der Waals surface area contributed by atoms with Crippen LogP contribution in [-0.4, -0.2) is 20.5 Å². The van der Waals surface area contributed by atoms with E-state index in [-0.39, 0.29) is 23.8 Å². The lowest BCUT2D eigenvalue weighted by molar-refractivity contribution is 0.497. The first kappa shape index (κ1) is 17.3. The average Bonchev–Trinajstić information content (AvgIpc) is 2.18. The molecule has 0 radical (unpaired) electrons. The second-order valence-corrected chi connectivity index (χ2v) is 6.49. The normalized spacial score (nSPS) is 12.1. The quantitative estimate of drug-likeness (QED) is 0.886. The van der Waals surface area contributed by atoms with Crippen LogP contribution in [0.25, 0.3) is 0 Å². The van der Waals surface area contributed by atoms with Crippen molar-refractivity contribution < 1.29 is 12.8 Å². The Morgan fingerprint density at radius 1 is 1.39 bits per heavy atom. The van der Waals surface area contributed by atoms with Gasteiger partial charge in [-0.15, -0.1) is 12.4 Å². The standard InChI is InChI=1S/C11H17FN2O2S.ClH/c1-8-4-5-9(6-10(8)12)17(15,16)14-7-11(2,3)13;/h4-6,14H,7,13H2,1-3H3;1H. The molecule has 0 bridgehead atoms. The first-order chi connectivity index (χ1) is 7.62. The number of nitrogens with two attached hydrogens (primary N) is 1. The molecule has 0 saturated heterocycles. The van der Waals surface area contributed by atoms with E-state index < -0.39 is 21.4 Å². The molecular weight excluding hydrogens is 279 g/mol. The second kappa shape index (κ2) is 5.97. The predicted molar refractivity (Wildman–Crippen MR) is 71.8 cm³/mol. The largest absolute Gasteiger partial charge is 0.324 e. The SMILES string of the molecule is Cc1ccc(S(=O)(=O)NCC(C)(C)N)cc1F.Cl. The Hall–Kier alpha value is -0.690. The molecule has 0 aliphatic rings. The predicted octanol–water partition coefficient (Wildman–Crippen LogP) is 1.57. The van der Waals surface area contributed by atoms with Crippen LogP contribution in [0.3, 0.4) is 0 Å². The summed E-state index contributed by atoms with van der Waals surface area (Å²) in [5, 5.41) is 0. The second-order valence-electron chi connectivity index (χ2n) is 4.72. The zero-order valence-electron chi connectivity index (χ0n) is 10.5. The van der Waals surface area contributed by atoms with Crippen molar-refractivity contribution in [1.29, 1.82) is 0 Å². The van der Waals surface area contributed by atoms with Gasteiger partial charge in [-0.2, -0.15) is 0 Å². The Labute approximate surface area is 113 Å². The van der Waals surface area contributed by atoms with Gasteiger partial charge < -0.3 is 5.73 Å². The molecule has 0 heterocycles. The number of hydrogen-bond acceptors (Lipinski definition) is 3. The summed E-state index contributed by atoms with van der Waals surface area (Å²) < 4.78 is 39.2. The first-order valence-corrected chi connectivity index (χ1v) is 6.65. The monoisotopic (exact) mass is 296 g/mol. The van der Waals surface area contributed by atoms with Crippen LogP contribution in [0.5, 0.6) is 0 Å². The molecule has 18 heavy (non-hydrogen) atoms. The molecule has 1 aromatic carbocycles. The molecule has 3 N–H and O–H groups in total. The van der Waals surface area contributed by atoms with E-state index in [1.54, 1.807) is 20.8 Å². The summed E-state index contributed by atoms with van der Waals surface area (Å²) in [6.45, 7) is 5.06. The molecule has 0 aromatic heterocycles. The third-order valence-corrected chi connectivity index (χ3v) is 3.57. The van der Waals surface area contributed by atoms with Gasteiger partial charge in [0.2, 0.25) is 10.0 Å². The van der Waals surface area contributed by atoms with Gasteiger partial charge in [-0.3, -0.25) is 0 Å². The molecule has 0 aliphatic heterocycles. The summed E-state index contributed by atoms with van der Waals surface area (Å²) in [7, 11) is -3.70. The van der Waals surface area contributed by atoms with Gasteiger partial charge in [0.15, 0.2) is 0 Å². The van der Waals surface area contributed by atoms with Crippen molar-refractivity contribution in [2.24, 2.45) is 5.73 Å². The zero-order valence-corrected chi connectivity index (χ0v) is 12.2. The number of rotatable bonds is 4. The molecule has 0 fully saturated rings. The van der Waals surface area contributed by atoms with E-state index >= 15 is 0 Å². The number of aryl methyl sites for hydroxylation is 1. The molecule has 1 aromatic rings. The van der Waals surface area contributed by atoms with E-state index in [9.17, 15) is 12.8 Å². The van der Waals surface area contributed by atoms with Crippen molar-refractivity contribution in [2.75, 3.05) is 6.54 Å². The van der Waals surface area contributed by atoms with Crippen LogP contribution >= 0.6 is 12.4 Å². The molecule has 4 nitrogen and oxygen atoms in total. The number of hydrogen-bond donors (Lipinski definition) is 2. The lowest BCUT2D eigenvalue weighted by Gasteiger charge is -2.19. The van der Waals surface area contributed by atoms with Gasteiger partial charge in [0.25, 0.3) is 0 Å². The Bertz CT molecular complexity index is 512. The molecule has 1 rings (SSSR count). The highest BCUT2D eigenvalue weighted by atomic mass is 35.5. The van der Waals surface area contributed by atoms with Crippen molar-refractivity contribution in [3.8, 4) is 0 Å². The Kier molecular flexibility index (Phi) is 5.74. The summed E-state index contributed by atoms with van der Waals surface area (Å²) >= 11 is 0. The summed E-state index contributed by atoms with van der Waals surface area (Å²) in [6, 6.07) is 3.79. The van der Waals surface area contributed by atoms with Gasteiger partial charge >= 0.3 is 0 Å². The minimum atomic E-state index is -3.70. The molecule has 7 heteroatoms. The maximum Gasteiger partial charge on any atom is 0.240 e. The van der Waals surface area contributed by atoms with E-state index in [1.165, 1.54) is 12.1 Å². The van der Waals surface area contributed by atoms with Crippen LogP contribution in [0.4, 0.5) is 4.39 Å². The maximum atomic E-state index is 13.3. The third kappa shape index (κ3) is 4.89. The fourth-order valence-electron chi connectivity index (χ4n) is 1.11. The van der Waals surface area contributed by atoms with E-state index in [0.29, 0.717) is 5.56 Å². The van der Waals surface area contributed by atoms with Crippen LogP contribution in [0.1, 0.15) is 19.4 Å². The third-order valence-electron chi connectivity index (χ3n) is 2.17. The van der Waals surface area contributed by atoms with E-state index in [4.69, 9.17) is 5.73 Å². The zero-order chi connectivity index (χ0) is 13.3. The van der Waals surface area contributed by atoms with Crippen molar-refractivity contribution >= 4 is 22.4 Å². The highest BCUT2D eigenvalue weighted by Crippen LogP contribution is 2.14. The summed E-state index contributed by atoms with van der Waals surface area (Å²) in [6.07, 6.45) is 0. The van der Waals surface area contributed by atoms with Crippen LogP contribution in [-0.2, 0) is 10.0 Å². The van der Waals surface area contributed by atoms with Crippen LogP contribution in [0.2, 0.25) is 0 Å². The average molecular weight is 297 g/mol. The topological polar surface area (TPSA) is 72.2 Å². The van der Waals surface area contributed by atoms with Crippen molar-refractivity contribution in [1.82, 2.24) is 4.72 Å². The number of sulfonamides is 1. The van der Waals surface area contributed by atoms with Gasteiger partial charge in [-0.25, -0.2) is 17.5 Å². The minimum Gasteiger partial charge on any atom is -0.324 e. The first-order valence-electron chi connectivity index (χ1n) is 5.16. The molecule has 0 spiro atoms. The van der Waals surface area contributed by atoms with Gasteiger partial charge in [0.1, 0.15) is 5.82 Å².